The molecule has 0 radical (unpaired) electrons. The number of esters is 1. The Morgan fingerprint density at radius 2 is 1.88 bits per heavy atom. The Hall–Kier alpha value is -3.20. The van der Waals surface area contributed by atoms with Crippen LogP contribution in [0.25, 0.3) is 5.65 Å². The monoisotopic (exact) mass is 493 g/mol. The zero-order valence-electron chi connectivity index (χ0n) is 19.4. The van der Waals surface area contributed by atoms with E-state index in [1.165, 1.54) is 22.7 Å². The summed E-state index contributed by atoms with van der Waals surface area (Å²) in [5.74, 6) is -2.05. The SMILES string of the molecule is Cc1nc2c(OCc3c(F)cccc3F)cc(Cl)cn2c1C(=O)NCCCC(=O)OC(C)(C)C. The summed E-state index contributed by atoms with van der Waals surface area (Å²) in [6.45, 7) is 6.88. The Kier molecular flexibility index (Phi) is 7.76. The molecule has 1 amide bonds. The fourth-order valence-electron chi connectivity index (χ4n) is 3.31. The number of aryl methyl sites for hydroxylation is 1. The number of amides is 1. The molecule has 0 aliphatic heterocycles. The minimum absolute atomic E-state index is 0.167. The Morgan fingerprint density at radius 1 is 1.21 bits per heavy atom. The highest BCUT2D eigenvalue weighted by atomic mass is 35.5. The van der Waals surface area contributed by atoms with Crippen molar-refractivity contribution in [1.29, 1.82) is 0 Å². The van der Waals surface area contributed by atoms with Crippen LogP contribution in [0.2, 0.25) is 5.02 Å². The number of nitrogens with one attached hydrogen (secondary N) is 1. The summed E-state index contributed by atoms with van der Waals surface area (Å²) in [4.78, 5) is 29.0. The standard InChI is InChI=1S/C24H26ClF2N3O4/c1-14-21(23(32)28-10-6-9-20(31)34-24(2,3)4)30-12-15(25)11-19(22(30)29-14)33-13-16-17(26)7-5-8-18(16)27/h5,7-8,11-12H,6,9-10,13H2,1-4H3,(H,28,32). The van der Waals surface area contributed by atoms with Gasteiger partial charge in [-0.25, -0.2) is 13.8 Å². The normalized spacial score (nSPS) is 11.5. The molecule has 2 aromatic heterocycles. The number of carbonyl (C=O) groups excluding carboxylic acids is 2. The van der Waals surface area contributed by atoms with Gasteiger partial charge in [-0.05, 0) is 46.2 Å². The van der Waals surface area contributed by atoms with E-state index in [2.05, 4.69) is 10.3 Å². The van der Waals surface area contributed by atoms with Gasteiger partial charge >= 0.3 is 5.97 Å². The molecule has 0 aliphatic carbocycles. The van der Waals surface area contributed by atoms with E-state index in [1.807, 2.05) is 0 Å². The van der Waals surface area contributed by atoms with Crippen LogP contribution in [0.5, 0.6) is 5.75 Å². The molecule has 182 valence electrons. The van der Waals surface area contributed by atoms with Crippen LogP contribution in [0, 0.1) is 18.6 Å². The average molecular weight is 494 g/mol. The van der Waals surface area contributed by atoms with E-state index >= 15 is 0 Å². The molecule has 10 heteroatoms. The fourth-order valence-corrected chi connectivity index (χ4v) is 3.50. The first-order chi connectivity index (χ1) is 16.0. The number of fused-ring (bicyclic) bond motifs is 1. The Morgan fingerprint density at radius 3 is 2.53 bits per heavy atom. The molecule has 34 heavy (non-hydrogen) atoms. The van der Waals surface area contributed by atoms with E-state index in [0.29, 0.717) is 12.1 Å². The predicted molar refractivity (Wildman–Crippen MR) is 123 cm³/mol. The summed E-state index contributed by atoms with van der Waals surface area (Å²) in [5, 5.41) is 3.00. The molecular formula is C24H26ClF2N3O4. The van der Waals surface area contributed by atoms with Crippen LogP contribution in [0.4, 0.5) is 8.78 Å². The number of hydrogen-bond donors (Lipinski definition) is 1. The van der Waals surface area contributed by atoms with Crippen molar-refractivity contribution in [3.8, 4) is 5.75 Å². The molecule has 0 aliphatic rings. The topological polar surface area (TPSA) is 81.9 Å². The lowest BCUT2D eigenvalue weighted by Gasteiger charge is -2.19. The molecule has 3 rings (SSSR count). The van der Waals surface area contributed by atoms with Gasteiger partial charge in [-0.2, -0.15) is 0 Å². The van der Waals surface area contributed by atoms with E-state index in [0.717, 1.165) is 12.1 Å². The van der Waals surface area contributed by atoms with E-state index in [-0.39, 0.29) is 53.2 Å². The largest absolute Gasteiger partial charge is 0.485 e. The first kappa shape index (κ1) is 25.4. The van der Waals surface area contributed by atoms with Gasteiger partial charge < -0.3 is 14.8 Å². The first-order valence-corrected chi connectivity index (χ1v) is 11.1. The second kappa shape index (κ2) is 10.4. The van der Waals surface area contributed by atoms with Gasteiger partial charge in [0.15, 0.2) is 11.4 Å². The summed E-state index contributed by atoms with van der Waals surface area (Å²) < 4.78 is 40.2. The summed E-state index contributed by atoms with van der Waals surface area (Å²) in [7, 11) is 0. The predicted octanol–water partition coefficient (Wildman–Crippen LogP) is 5.01. The number of halogens is 3. The van der Waals surface area contributed by atoms with Crippen LogP contribution >= 0.6 is 11.6 Å². The quantitative estimate of drug-likeness (QED) is 0.352. The van der Waals surface area contributed by atoms with Gasteiger partial charge in [0.05, 0.1) is 16.3 Å². The third kappa shape index (κ3) is 6.22. The van der Waals surface area contributed by atoms with Crippen LogP contribution in [0.1, 0.15) is 55.4 Å². The maximum atomic E-state index is 14.0. The zero-order chi connectivity index (χ0) is 25.0. The molecule has 0 fully saturated rings. The number of benzene rings is 1. The summed E-state index contributed by atoms with van der Waals surface area (Å²) in [5.41, 5.74) is 0.125. The summed E-state index contributed by atoms with van der Waals surface area (Å²) in [6, 6.07) is 5.01. The van der Waals surface area contributed by atoms with E-state index < -0.39 is 23.1 Å². The highest BCUT2D eigenvalue weighted by Crippen LogP contribution is 2.28. The number of imidazole rings is 1. The Balaban J connectivity index is 1.73. The number of carbonyl (C=O) groups is 2. The van der Waals surface area contributed by atoms with Gasteiger partial charge in [0.2, 0.25) is 0 Å². The van der Waals surface area contributed by atoms with Crippen molar-refractivity contribution in [2.45, 2.75) is 52.7 Å². The molecule has 0 atom stereocenters. The number of aromatic nitrogens is 2. The molecule has 0 saturated heterocycles. The second-order valence-corrected chi connectivity index (χ2v) is 9.13. The minimum Gasteiger partial charge on any atom is -0.485 e. The Labute approximate surface area is 201 Å². The fraction of sp³-hybridized carbons (Fsp3) is 0.375. The minimum atomic E-state index is -0.732. The van der Waals surface area contributed by atoms with Crippen molar-refractivity contribution in [3.63, 3.8) is 0 Å². The molecule has 0 spiro atoms. The van der Waals surface area contributed by atoms with Gasteiger partial charge in [0.1, 0.15) is 29.5 Å². The van der Waals surface area contributed by atoms with Crippen LogP contribution in [0.15, 0.2) is 30.5 Å². The maximum Gasteiger partial charge on any atom is 0.306 e. The molecule has 2 heterocycles. The van der Waals surface area contributed by atoms with Gasteiger partial charge in [-0.15, -0.1) is 0 Å². The van der Waals surface area contributed by atoms with Crippen molar-refractivity contribution in [2.75, 3.05) is 6.54 Å². The van der Waals surface area contributed by atoms with Gasteiger partial charge in [0.25, 0.3) is 5.91 Å². The molecule has 1 aromatic carbocycles. The average Bonchev–Trinajstić information content (AvgIpc) is 3.05. The number of ether oxygens (including phenoxy) is 2. The third-order valence-corrected chi connectivity index (χ3v) is 4.95. The highest BCUT2D eigenvalue weighted by Gasteiger charge is 2.21. The Bertz CT molecular complexity index is 1200. The van der Waals surface area contributed by atoms with Gasteiger partial charge in [-0.3, -0.25) is 14.0 Å². The van der Waals surface area contributed by atoms with Crippen LogP contribution in [-0.2, 0) is 16.1 Å². The van der Waals surface area contributed by atoms with Gasteiger partial charge in [-0.1, -0.05) is 17.7 Å². The number of rotatable bonds is 8. The molecule has 0 unspecified atom stereocenters. The molecule has 1 N–H and O–H groups in total. The number of hydrogen-bond acceptors (Lipinski definition) is 5. The summed E-state index contributed by atoms with van der Waals surface area (Å²) >= 11 is 6.21. The lowest BCUT2D eigenvalue weighted by Crippen LogP contribution is -2.28. The van der Waals surface area contributed by atoms with Crippen LogP contribution < -0.4 is 10.1 Å². The lowest BCUT2D eigenvalue weighted by molar-refractivity contribution is -0.154. The lowest BCUT2D eigenvalue weighted by atomic mass is 10.2. The van der Waals surface area contributed by atoms with Crippen molar-refractivity contribution in [2.24, 2.45) is 0 Å². The van der Waals surface area contributed by atoms with Crippen LogP contribution in [-0.4, -0.2) is 33.4 Å². The smallest absolute Gasteiger partial charge is 0.306 e. The molecule has 3 aromatic rings. The van der Waals surface area contributed by atoms with Crippen molar-refractivity contribution in [3.05, 3.63) is 64.1 Å². The van der Waals surface area contributed by atoms with E-state index in [9.17, 15) is 18.4 Å². The van der Waals surface area contributed by atoms with Crippen molar-refractivity contribution in [1.82, 2.24) is 14.7 Å². The zero-order valence-corrected chi connectivity index (χ0v) is 20.1. The maximum absolute atomic E-state index is 14.0. The molecule has 0 saturated carbocycles. The molecule has 7 nitrogen and oxygen atoms in total. The highest BCUT2D eigenvalue weighted by molar-refractivity contribution is 6.30. The van der Waals surface area contributed by atoms with E-state index in [4.69, 9.17) is 21.1 Å². The second-order valence-electron chi connectivity index (χ2n) is 8.70. The van der Waals surface area contributed by atoms with Crippen LogP contribution in [0.3, 0.4) is 0 Å². The third-order valence-electron chi connectivity index (χ3n) is 4.74. The number of nitrogens with zero attached hydrogens (tertiary/aromatic N) is 2. The van der Waals surface area contributed by atoms with Gasteiger partial charge in [0, 0.05) is 25.2 Å². The van der Waals surface area contributed by atoms with E-state index in [1.54, 1.807) is 27.7 Å². The van der Waals surface area contributed by atoms with Crippen molar-refractivity contribution < 1.29 is 27.8 Å². The molecule has 0 bridgehead atoms. The number of pyridine rings is 1. The molecular weight excluding hydrogens is 468 g/mol. The first-order valence-electron chi connectivity index (χ1n) is 10.7. The summed E-state index contributed by atoms with van der Waals surface area (Å²) in [6.07, 6.45) is 2.07. The van der Waals surface area contributed by atoms with Crippen molar-refractivity contribution >= 4 is 29.1 Å².